The normalized spacial score (nSPS) is 15.0. The van der Waals surface area contributed by atoms with Gasteiger partial charge in [-0.1, -0.05) is 79.3 Å². The summed E-state index contributed by atoms with van der Waals surface area (Å²) in [4.78, 5) is 53.3. The van der Waals surface area contributed by atoms with Gasteiger partial charge in [0.25, 0.3) is 5.91 Å². The Morgan fingerprint density at radius 3 is 1.89 bits per heavy atom. The molecule has 0 aromatic heterocycles. The molecule has 0 radical (unpaired) electrons. The van der Waals surface area contributed by atoms with Crippen molar-refractivity contribution in [1.82, 2.24) is 15.5 Å². The zero-order valence-electron chi connectivity index (χ0n) is 31.5. The summed E-state index contributed by atoms with van der Waals surface area (Å²) in [6, 6.07) is 12.7. The summed E-state index contributed by atoms with van der Waals surface area (Å²) in [7, 11) is 0. The Morgan fingerprint density at radius 2 is 1.30 bits per heavy atom. The lowest BCUT2D eigenvalue weighted by molar-refractivity contribution is -0.149. The summed E-state index contributed by atoms with van der Waals surface area (Å²) in [6.07, 6.45) is 29.8. The second-order valence-corrected chi connectivity index (χ2v) is 13.8. The van der Waals surface area contributed by atoms with Gasteiger partial charge in [0, 0.05) is 42.2 Å². The number of nitrogens with one attached hydrogen (secondary N) is 2. The minimum absolute atomic E-state index is 0.0504. The highest BCUT2D eigenvalue weighted by molar-refractivity contribution is 6.30. The Hall–Kier alpha value is -4.69. The SMILES string of the molecule is CCC=CCC=CCC=CCC=CCC=CCCCC(=O)NCCNC(=O)[C@@H]1CCCN1C(=O)C(C)(C)Oc1ccc(C(=O)c2ccc(Cl)cc2)cc1. The summed E-state index contributed by atoms with van der Waals surface area (Å²) in [6.45, 7) is 6.53. The van der Waals surface area contributed by atoms with Crippen molar-refractivity contribution < 1.29 is 23.9 Å². The highest BCUT2D eigenvalue weighted by Crippen LogP contribution is 2.26. The van der Waals surface area contributed by atoms with E-state index in [2.05, 4.69) is 78.3 Å². The van der Waals surface area contributed by atoms with E-state index in [-0.39, 0.29) is 30.0 Å². The van der Waals surface area contributed by atoms with Crippen LogP contribution in [0.3, 0.4) is 0 Å². The van der Waals surface area contributed by atoms with Crippen molar-refractivity contribution in [3.05, 3.63) is 125 Å². The number of amides is 3. The first-order chi connectivity index (χ1) is 25.6. The number of ether oxygens (including phenoxy) is 1. The van der Waals surface area contributed by atoms with Gasteiger partial charge in [0.1, 0.15) is 11.8 Å². The molecule has 2 aromatic carbocycles. The van der Waals surface area contributed by atoms with E-state index in [0.29, 0.717) is 54.3 Å². The first-order valence-electron chi connectivity index (χ1n) is 18.8. The van der Waals surface area contributed by atoms with Crippen LogP contribution >= 0.6 is 11.6 Å². The second kappa shape index (κ2) is 23.8. The lowest BCUT2D eigenvalue weighted by atomic mass is 10.0. The Bertz CT molecular complexity index is 1610. The van der Waals surface area contributed by atoms with E-state index in [1.165, 1.54) is 0 Å². The molecule has 0 bridgehead atoms. The van der Waals surface area contributed by atoms with Crippen molar-refractivity contribution in [3.8, 4) is 5.75 Å². The molecule has 1 aliphatic heterocycles. The van der Waals surface area contributed by atoms with Crippen LogP contribution in [-0.4, -0.2) is 59.7 Å². The number of benzene rings is 2. The molecule has 1 aliphatic rings. The summed E-state index contributed by atoms with van der Waals surface area (Å²) < 4.78 is 6.07. The molecule has 0 unspecified atom stereocenters. The third-order valence-electron chi connectivity index (χ3n) is 8.61. The van der Waals surface area contributed by atoms with E-state index >= 15 is 0 Å². The quantitative estimate of drug-likeness (QED) is 0.0713. The van der Waals surface area contributed by atoms with Crippen molar-refractivity contribution in [2.45, 2.75) is 96.6 Å². The minimum Gasteiger partial charge on any atom is -0.478 e. The maximum Gasteiger partial charge on any atom is 0.266 e. The first-order valence-corrected chi connectivity index (χ1v) is 19.2. The number of rotatable bonds is 22. The lowest BCUT2D eigenvalue weighted by Gasteiger charge is -2.33. The summed E-state index contributed by atoms with van der Waals surface area (Å²) in [5, 5.41) is 6.29. The molecule has 1 fully saturated rings. The molecule has 3 amide bonds. The molecule has 3 rings (SSSR count). The number of carbonyl (C=O) groups is 4. The fraction of sp³-hybridized carbons (Fsp3) is 0.409. The highest BCUT2D eigenvalue weighted by atomic mass is 35.5. The van der Waals surface area contributed by atoms with Crippen molar-refractivity contribution >= 4 is 35.1 Å². The molecule has 1 saturated heterocycles. The fourth-order valence-electron chi connectivity index (χ4n) is 5.75. The van der Waals surface area contributed by atoms with Crippen LogP contribution in [0.4, 0.5) is 0 Å². The van der Waals surface area contributed by atoms with Crippen molar-refractivity contribution in [2.24, 2.45) is 0 Å². The van der Waals surface area contributed by atoms with Crippen molar-refractivity contribution in [1.29, 1.82) is 0 Å². The average molecular weight is 742 g/mol. The smallest absolute Gasteiger partial charge is 0.266 e. The van der Waals surface area contributed by atoms with Crippen LogP contribution in [0, 0.1) is 0 Å². The van der Waals surface area contributed by atoms with E-state index in [4.69, 9.17) is 16.3 Å². The lowest BCUT2D eigenvalue weighted by Crippen LogP contribution is -2.54. The Morgan fingerprint density at radius 1 is 0.774 bits per heavy atom. The molecule has 2 aromatic rings. The van der Waals surface area contributed by atoms with Gasteiger partial charge in [-0.2, -0.15) is 0 Å². The molecule has 9 heteroatoms. The molecule has 2 N–H and O–H groups in total. The number of likely N-dealkylation sites (tertiary alicyclic amines) is 1. The van der Waals surface area contributed by atoms with Crippen molar-refractivity contribution in [3.63, 3.8) is 0 Å². The predicted molar refractivity (Wildman–Crippen MR) is 215 cm³/mol. The maximum atomic E-state index is 13.6. The van der Waals surface area contributed by atoms with Gasteiger partial charge in [0.05, 0.1) is 0 Å². The topological polar surface area (TPSA) is 105 Å². The van der Waals surface area contributed by atoms with E-state index in [1.807, 2.05) is 0 Å². The molecule has 53 heavy (non-hydrogen) atoms. The van der Waals surface area contributed by atoms with Gasteiger partial charge in [-0.25, -0.2) is 0 Å². The number of halogens is 1. The zero-order chi connectivity index (χ0) is 38.3. The average Bonchev–Trinajstić information content (AvgIpc) is 3.64. The van der Waals surface area contributed by atoms with Crippen LogP contribution in [0.1, 0.15) is 101 Å². The fourth-order valence-corrected chi connectivity index (χ4v) is 5.88. The van der Waals surface area contributed by atoms with Crippen molar-refractivity contribution in [2.75, 3.05) is 19.6 Å². The molecular formula is C44H56ClN3O5. The van der Waals surface area contributed by atoms with E-state index < -0.39 is 11.6 Å². The van der Waals surface area contributed by atoms with Crippen LogP contribution in [0.2, 0.25) is 5.02 Å². The van der Waals surface area contributed by atoms with Gasteiger partial charge >= 0.3 is 0 Å². The van der Waals surface area contributed by atoms with Gasteiger partial charge in [0.15, 0.2) is 11.4 Å². The molecular weight excluding hydrogens is 686 g/mol. The predicted octanol–water partition coefficient (Wildman–Crippen LogP) is 8.87. The van der Waals surface area contributed by atoms with E-state index in [0.717, 1.165) is 44.9 Å². The number of carbonyl (C=O) groups excluding carboxylic acids is 4. The van der Waals surface area contributed by atoms with Gasteiger partial charge in [-0.05, 0) is 120 Å². The number of hydrogen-bond acceptors (Lipinski definition) is 5. The summed E-state index contributed by atoms with van der Waals surface area (Å²) in [5.41, 5.74) is -0.240. The second-order valence-electron chi connectivity index (χ2n) is 13.4. The van der Waals surface area contributed by atoms with Gasteiger partial charge in [0.2, 0.25) is 11.8 Å². The van der Waals surface area contributed by atoms with Crippen LogP contribution in [0.5, 0.6) is 5.75 Å². The van der Waals surface area contributed by atoms with Crippen LogP contribution in [0.25, 0.3) is 0 Å². The van der Waals surface area contributed by atoms with Gasteiger partial charge in [-0.15, -0.1) is 0 Å². The summed E-state index contributed by atoms with van der Waals surface area (Å²) >= 11 is 5.93. The minimum atomic E-state index is -1.24. The summed E-state index contributed by atoms with van der Waals surface area (Å²) in [5.74, 6) is -0.303. The molecule has 1 atom stereocenters. The standard InChI is InChI=1S/C44H56ClN3O5/c1-4-5-6-7-8-9-10-11-12-13-14-15-16-17-18-19-20-23-40(49)46-32-33-47-42(51)39-22-21-34-48(39)43(52)44(2,3)53-38-30-26-36(27-31-38)41(50)35-24-28-37(45)29-25-35/h5-6,8-9,11-12,14-15,17-18,24-31,39H,4,7,10,13,16,19-23,32-34H2,1-3H3,(H,46,49)(H,47,51)/t39-/m0/s1. The Kier molecular flexibility index (Phi) is 19.2. The number of allylic oxidation sites excluding steroid dienone is 10. The Balaban J connectivity index is 1.29. The van der Waals surface area contributed by atoms with E-state index in [9.17, 15) is 19.2 Å². The molecule has 0 spiro atoms. The maximum absolute atomic E-state index is 13.6. The van der Waals surface area contributed by atoms with Gasteiger partial charge in [-0.3, -0.25) is 19.2 Å². The van der Waals surface area contributed by atoms with Gasteiger partial charge < -0.3 is 20.3 Å². The molecule has 0 aliphatic carbocycles. The molecule has 0 saturated carbocycles. The molecule has 8 nitrogen and oxygen atoms in total. The monoisotopic (exact) mass is 741 g/mol. The largest absolute Gasteiger partial charge is 0.478 e. The van der Waals surface area contributed by atoms with Crippen LogP contribution in [-0.2, 0) is 14.4 Å². The highest BCUT2D eigenvalue weighted by Gasteiger charge is 2.42. The molecule has 284 valence electrons. The number of hydrogen-bond donors (Lipinski definition) is 2. The third-order valence-corrected chi connectivity index (χ3v) is 8.86. The number of ketones is 1. The first kappa shape index (κ1) is 42.7. The molecule has 1 heterocycles. The number of unbranched alkanes of at least 4 members (excludes halogenated alkanes) is 1. The third kappa shape index (κ3) is 15.8. The van der Waals surface area contributed by atoms with Crippen LogP contribution < -0.4 is 15.4 Å². The van der Waals surface area contributed by atoms with Crippen LogP contribution in [0.15, 0.2) is 109 Å². The Labute approximate surface area is 321 Å². The zero-order valence-corrected chi connectivity index (χ0v) is 32.3. The number of nitrogens with zero attached hydrogens (tertiary/aromatic N) is 1. The van der Waals surface area contributed by atoms with E-state index in [1.54, 1.807) is 67.3 Å².